The molecular formula is C5H14NOP. The van der Waals surface area contributed by atoms with E-state index in [-0.39, 0.29) is 9.90 Å². The van der Waals surface area contributed by atoms with Crippen LogP contribution in [0, 0.1) is 0 Å². The predicted molar refractivity (Wildman–Crippen MR) is 39.4 cm³/mol. The van der Waals surface area contributed by atoms with Gasteiger partial charge in [-0.05, 0) is 7.05 Å². The van der Waals surface area contributed by atoms with Crippen LogP contribution < -0.4 is 0 Å². The number of hydrogen-bond acceptors (Lipinski definition) is 2. The topological polar surface area (TPSA) is 12.5 Å². The summed E-state index contributed by atoms with van der Waals surface area (Å²) >= 11 is 0. The second-order valence-corrected chi connectivity index (χ2v) is 1.92. The van der Waals surface area contributed by atoms with Crippen LogP contribution in [0.1, 0.15) is 0 Å². The lowest BCUT2D eigenvalue weighted by Crippen LogP contribution is -2.32. The molecule has 1 rings (SSSR count). The predicted octanol–water partition coefficient (Wildman–Crippen LogP) is 0.00650. The summed E-state index contributed by atoms with van der Waals surface area (Å²) in [5, 5.41) is 0. The summed E-state index contributed by atoms with van der Waals surface area (Å²) in [6.07, 6.45) is 0. The molecule has 0 spiro atoms. The van der Waals surface area contributed by atoms with Crippen molar-refractivity contribution < 1.29 is 4.74 Å². The van der Waals surface area contributed by atoms with E-state index in [4.69, 9.17) is 4.74 Å². The van der Waals surface area contributed by atoms with E-state index in [0.29, 0.717) is 0 Å². The first-order valence-electron chi connectivity index (χ1n) is 2.66. The first-order valence-corrected chi connectivity index (χ1v) is 2.66. The number of hydrogen-bond donors (Lipinski definition) is 0. The van der Waals surface area contributed by atoms with Gasteiger partial charge in [0.2, 0.25) is 0 Å². The molecule has 1 aliphatic heterocycles. The number of morpholine rings is 1. The van der Waals surface area contributed by atoms with Crippen molar-refractivity contribution in [1.82, 2.24) is 4.90 Å². The molecule has 0 saturated carbocycles. The maximum atomic E-state index is 5.10. The van der Waals surface area contributed by atoms with Crippen molar-refractivity contribution in [2.75, 3.05) is 33.4 Å². The molecule has 1 saturated heterocycles. The first-order chi connectivity index (χ1) is 3.39. The standard InChI is InChI=1S/C5H11NO.H3P/c1-6-2-4-7-5-3-6;/h2-5H2,1H3;1H3. The minimum absolute atomic E-state index is 0. The summed E-state index contributed by atoms with van der Waals surface area (Å²) in [5.74, 6) is 0. The molecule has 0 aromatic heterocycles. The summed E-state index contributed by atoms with van der Waals surface area (Å²) < 4.78 is 5.10. The average Bonchev–Trinajstić information content (AvgIpc) is 1.69. The fraction of sp³-hybridized carbons (Fsp3) is 1.00. The third kappa shape index (κ3) is 2.61. The lowest BCUT2D eigenvalue weighted by Gasteiger charge is -2.21. The molecule has 8 heavy (non-hydrogen) atoms. The highest BCUT2D eigenvalue weighted by Gasteiger charge is 2.02. The Morgan fingerprint density at radius 3 is 2.00 bits per heavy atom. The molecule has 1 atom stereocenters. The second kappa shape index (κ2) is 4.25. The summed E-state index contributed by atoms with van der Waals surface area (Å²) in [6.45, 7) is 4.02. The zero-order valence-electron chi connectivity index (χ0n) is 5.39. The Morgan fingerprint density at radius 1 is 1.25 bits per heavy atom. The fourth-order valence-corrected chi connectivity index (χ4v) is 0.655. The van der Waals surface area contributed by atoms with E-state index < -0.39 is 0 Å². The minimum Gasteiger partial charge on any atom is -0.379 e. The van der Waals surface area contributed by atoms with Crippen LogP contribution >= 0.6 is 9.90 Å². The Labute approximate surface area is 53.8 Å². The Morgan fingerprint density at radius 2 is 1.75 bits per heavy atom. The molecule has 1 aliphatic rings. The van der Waals surface area contributed by atoms with Crippen molar-refractivity contribution in [2.24, 2.45) is 0 Å². The van der Waals surface area contributed by atoms with Gasteiger partial charge in [-0.2, -0.15) is 9.90 Å². The van der Waals surface area contributed by atoms with Crippen LogP contribution in [0.3, 0.4) is 0 Å². The van der Waals surface area contributed by atoms with Crippen molar-refractivity contribution in [2.45, 2.75) is 0 Å². The summed E-state index contributed by atoms with van der Waals surface area (Å²) in [4.78, 5) is 2.27. The molecule has 3 heteroatoms. The van der Waals surface area contributed by atoms with Gasteiger partial charge in [-0.15, -0.1) is 0 Å². The molecule has 2 nitrogen and oxygen atoms in total. The van der Waals surface area contributed by atoms with Gasteiger partial charge in [-0.25, -0.2) is 0 Å². The van der Waals surface area contributed by atoms with Crippen LogP contribution in [-0.4, -0.2) is 38.3 Å². The van der Waals surface area contributed by atoms with Crippen molar-refractivity contribution in [1.29, 1.82) is 0 Å². The molecule has 0 amide bonds. The van der Waals surface area contributed by atoms with E-state index in [1.54, 1.807) is 0 Å². The largest absolute Gasteiger partial charge is 0.379 e. The molecular weight excluding hydrogens is 121 g/mol. The summed E-state index contributed by atoms with van der Waals surface area (Å²) in [6, 6.07) is 0. The molecule has 0 radical (unpaired) electrons. The third-order valence-electron chi connectivity index (χ3n) is 1.23. The monoisotopic (exact) mass is 135 g/mol. The van der Waals surface area contributed by atoms with E-state index >= 15 is 0 Å². The van der Waals surface area contributed by atoms with Crippen LogP contribution in [-0.2, 0) is 4.74 Å². The molecule has 0 bridgehead atoms. The Balaban J connectivity index is 0.000000490. The van der Waals surface area contributed by atoms with Gasteiger partial charge in [0, 0.05) is 13.1 Å². The van der Waals surface area contributed by atoms with E-state index in [0.717, 1.165) is 26.3 Å². The second-order valence-electron chi connectivity index (χ2n) is 1.92. The number of rotatable bonds is 0. The highest BCUT2D eigenvalue weighted by atomic mass is 31.0. The maximum absolute atomic E-state index is 5.10. The molecule has 1 unspecified atom stereocenters. The van der Waals surface area contributed by atoms with Crippen LogP contribution in [0.25, 0.3) is 0 Å². The van der Waals surface area contributed by atoms with E-state index in [1.165, 1.54) is 0 Å². The van der Waals surface area contributed by atoms with Gasteiger partial charge in [-0.3, -0.25) is 0 Å². The van der Waals surface area contributed by atoms with Gasteiger partial charge in [0.25, 0.3) is 0 Å². The van der Waals surface area contributed by atoms with Crippen LogP contribution in [0.5, 0.6) is 0 Å². The van der Waals surface area contributed by atoms with Crippen molar-refractivity contribution in [3.63, 3.8) is 0 Å². The molecule has 1 fully saturated rings. The lowest BCUT2D eigenvalue weighted by molar-refractivity contribution is 0.0503. The quantitative estimate of drug-likeness (QED) is 0.434. The third-order valence-corrected chi connectivity index (χ3v) is 1.23. The van der Waals surface area contributed by atoms with E-state index in [9.17, 15) is 0 Å². The van der Waals surface area contributed by atoms with Crippen molar-refractivity contribution in [3.05, 3.63) is 0 Å². The zero-order chi connectivity index (χ0) is 5.11. The van der Waals surface area contributed by atoms with Gasteiger partial charge < -0.3 is 9.64 Å². The Kier molecular flexibility index (Phi) is 4.44. The van der Waals surface area contributed by atoms with Gasteiger partial charge in [0.15, 0.2) is 0 Å². The molecule has 50 valence electrons. The van der Waals surface area contributed by atoms with Gasteiger partial charge in [0.1, 0.15) is 0 Å². The zero-order valence-corrected chi connectivity index (χ0v) is 6.81. The smallest absolute Gasteiger partial charge is 0.0594 e. The Bertz CT molecular complexity index is 54.4. The molecule has 0 N–H and O–H groups in total. The average molecular weight is 135 g/mol. The first kappa shape index (κ1) is 8.35. The van der Waals surface area contributed by atoms with Gasteiger partial charge >= 0.3 is 0 Å². The van der Waals surface area contributed by atoms with Gasteiger partial charge in [-0.1, -0.05) is 0 Å². The highest BCUT2D eigenvalue weighted by Crippen LogP contribution is 1.89. The minimum atomic E-state index is 0. The molecule has 0 aromatic rings. The van der Waals surface area contributed by atoms with E-state index in [1.807, 2.05) is 0 Å². The molecule has 0 aliphatic carbocycles. The molecule has 0 aromatic carbocycles. The number of likely N-dealkylation sites (N-methyl/N-ethyl adjacent to an activating group) is 1. The summed E-state index contributed by atoms with van der Waals surface area (Å²) in [5.41, 5.74) is 0. The van der Waals surface area contributed by atoms with Crippen molar-refractivity contribution >= 4 is 9.90 Å². The van der Waals surface area contributed by atoms with Crippen LogP contribution in [0.4, 0.5) is 0 Å². The van der Waals surface area contributed by atoms with Crippen molar-refractivity contribution in [3.8, 4) is 0 Å². The van der Waals surface area contributed by atoms with Gasteiger partial charge in [0.05, 0.1) is 13.2 Å². The van der Waals surface area contributed by atoms with Crippen LogP contribution in [0.2, 0.25) is 0 Å². The molecule has 1 heterocycles. The highest BCUT2D eigenvalue weighted by molar-refractivity contribution is 6.92. The number of nitrogens with zero attached hydrogens (tertiary/aromatic N) is 1. The fourth-order valence-electron chi connectivity index (χ4n) is 0.655. The normalized spacial score (nSPS) is 22.1. The number of ether oxygens (including phenoxy) is 1. The maximum Gasteiger partial charge on any atom is 0.0594 e. The SMILES string of the molecule is CN1CCOCC1.P. The van der Waals surface area contributed by atoms with Crippen LogP contribution in [0.15, 0.2) is 0 Å². The Hall–Kier alpha value is 0.350. The summed E-state index contributed by atoms with van der Waals surface area (Å²) in [7, 11) is 2.11. The van der Waals surface area contributed by atoms with E-state index in [2.05, 4.69) is 11.9 Å². The lowest BCUT2D eigenvalue weighted by atomic mass is 10.5.